The molecule has 1 aliphatic rings. The van der Waals surface area contributed by atoms with Gasteiger partial charge in [0.2, 0.25) is 11.7 Å². The molecule has 0 spiro atoms. The van der Waals surface area contributed by atoms with Crippen LogP contribution in [0.5, 0.6) is 0 Å². The predicted molar refractivity (Wildman–Crippen MR) is 108 cm³/mol. The fourth-order valence-corrected chi connectivity index (χ4v) is 4.12. The van der Waals surface area contributed by atoms with E-state index in [1.807, 2.05) is 22.8 Å². The van der Waals surface area contributed by atoms with E-state index in [0.717, 1.165) is 18.4 Å². The first-order valence-corrected chi connectivity index (χ1v) is 10.5. The minimum absolute atomic E-state index is 0.295. The molecule has 5 rings (SSSR count). The molecule has 1 saturated carbocycles. The molecule has 0 unspecified atom stereocenters. The fraction of sp³-hybridized carbons (Fsp3) is 0.200. The number of aromatic nitrogens is 5. The van der Waals surface area contributed by atoms with Crippen LogP contribution in [0.2, 0.25) is 5.02 Å². The standard InChI is InChI=1S/C20H15ClFN5OS/c21-15-7-3-1-5-13(15)18-23-17(28-26-18)11-29-20-25-24-19(27(20)12-9-10-12)14-6-2-4-8-16(14)22/h1-8,12H,9-11H2. The Labute approximate surface area is 175 Å². The first-order valence-electron chi connectivity index (χ1n) is 9.11. The van der Waals surface area contributed by atoms with Crippen LogP contribution in [0.4, 0.5) is 4.39 Å². The van der Waals surface area contributed by atoms with Crippen LogP contribution in [0, 0.1) is 5.82 Å². The molecule has 2 aromatic heterocycles. The first kappa shape index (κ1) is 18.3. The molecule has 0 atom stereocenters. The SMILES string of the molecule is Fc1ccccc1-c1nnc(SCc2nc(-c3ccccc3Cl)no2)n1C1CC1. The normalized spacial score (nSPS) is 13.7. The van der Waals surface area contributed by atoms with Gasteiger partial charge in [-0.1, -0.05) is 52.8 Å². The van der Waals surface area contributed by atoms with Crippen molar-refractivity contribution in [2.24, 2.45) is 0 Å². The van der Waals surface area contributed by atoms with Crippen molar-refractivity contribution < 1.29 is 8.91 Å². The maximum atomic E-state index is 14.3. The van der Waals surface area contributed by atoms with E-state index in [0.29, 0.717) is 45.1 Å². The van der Waals surface area contributed by atoms with Gasteiger partial charge in [-0.2, -0.15) is 4.98 Å². The van der Waals surface area contributed by atoms with Crippen molar-refractivity contribution >= 4 is 23.4 Å². The topological polar surface area (TPSA) is 69.6 Å². The molecule has 6 nitrogen and oxygen atoms in total. The number of benzene rings is 2. The molecule has 0 bridgehead atoms. The van der Waals surface area contributed by atoms with Gasteiger partial charge >= 0.3 is 0 Å². The highest BCUT2D eigenvalue weighted by Gasteiger charge is 2.31. The Morgan fingerprint density at radius 1 is 1.07 bits per heavy atom. The Morgan fingerprint density at radius 2 is 1.83 bits per heavy atom. The summed E-state index contributed by atoms with van der Waals surface area (Å²) in [5.41, 5.74) is 1.18. The number of hydrogen-bond acceptors (Lipinski definition) is 6. The van der Waals surface area contributed by atoms with Gasteiger partial charge in [-0.15, -0.1) is 10.2 Å². The zero-order valence-electron chi connectivity index (χ0n) is 15.1. The molecule has 1 fully saturated rings. The smallest absolute Gasteiger partial charge is 0.237 e. The maximum absolute atomic E-state index is 14.3. The number of thioether (sulfide) groups is 1. The fourth-order valence-electron chi connectivity index (χ4n) is 3.06. The Balaban J connectivity index is 1.38. The van der Waals surface area contributed by atoms with Gasteiger partial charge in [-0.05, 0) is 37.1 Å². The van der Waals surface area contributed by atoms with Crippen LogP contribution in [0.25, 0.3) is 22.8 Å². The number of rotatable bonds is 6. The molecular weight excluding hydrogens is 413 g/mol. The Morgan fingerprint density at radius 3 is 2.59 bits per heavy atom. The van der Waals surface area contributed by atoms with Gasteiger partial charge in [0.25, 0.3) is 0 Å². The van der Waals surface area contributed by atoms with E-state index < -0.39 is 0 Å². The maximum Gasteiger partial charge on any atom is 0.237 e. The van der Waals surface area contributed by atoms with E-state index in [1.54, 1.807) is 24.3 Å². The van der Waals surface area contributed by atoms with E-state index in [-0.39, 0.29) is 5.82 Å². The van der Waals surface area contributed by atoms with Crippen LogP contribution < -0.4 is 0 Å². The largest absolute Gasteiger partial charge is 0.338 e. The third-order valence-corrected chi connectivity index (χ3v) is 5.86. The number of nitrogens with zero attached hydrogens (tertiary/aromatic N) is 5. The number of hydrogen-bond donors (Lipinski definition) is 0. The van der Waals surface area contributed by atoms with Crippen LogP contribution in [0.3, 0.4) is 0 Å². The van der Waals surface area contributed by atoms with Crippen molar-refractivity contribution in [1.82, 2.24) is 24.9 Å². The van der Waals surface area contributed by atoms with E-state index in [1.165, 1.54) is 17.8 Å². The van der Waals surface area contributed by atoms with E-state index >= 15 is 0 Å². The zero-order chi connectivity index (χ0) is 19.8. The van der Waals surface area contributed by atoms with Crippen molar-refractivity contribution in [3.8, 4) is 22.8 Å². The molecule has 0 N–H and O–H groups in total. The number of halogens is 2. The summed E-state index contributed by atoms with van der Waals surface area (Å²) < 4.78 is 21.6. The van der Waals surface area contributed by atoms with Crippen molar-refractivity contribution in [2.75, 3.05) is 0 Å². The first-order chi connectivity index (χ1) is 14.2. The van der Waals surface area contributed by atoms with E-state index in [9.17, 15) is 4.39 Å². The second kappa shape index (κ2) is 7.61. The lowest BCUT2D eigenvalue weighted by Gasteiger charge is -2.08. The molecule has 146 valence electrons. The monoisotopic (exact) mass is 427 g/mol. The van der Waals surface area contributed by atoms with Crippen LogP contribution in [0.1, 0.15) is 24.8 Å². The minimum atomic E-state index is -0.306. The predicted octanol–water partition coefficient (Wildman–Crippen LogP) is 5.41. The molecular formula is C20H15ClFN5OS. The minimum Gasteiger partial charge on any atom is -0.338 e. The molecule has 1 aliphatic carbocycles. The Kier molecular flexibility index (Phi) is 4.81. The lowest BCUT2D eigenvalue weighted by Crippen LogP contribution is -2.01. The third-order valence-electron chi connectivity index (χ3n) is 4.60. The van der Waals surface area contributed by atoms with Crippen molar-refractivity contribution in [2.45, 2.75) is 29.8 Å². The summed E-state index contributed by atoms with van der Waals surface area (Å²) in [5.74, 6) is 1.58. The molecule has 0 saturated heterocycles. The van der Waals surface area contributed by atoms with Gasteiger partial charge in [-0.3, -0.25) is 4.57 Å². The second-order valence-corrected chi connectivity index (χ2v) is 8.02. The summed E-state index contributed by atoms with van der Waals surface area (Å²) in [6.07, 6.45) is 2.06. The molecule has 9 heteroatoms. The van der Waals surface area contributed by atoms with Crippen LogP contribution >= 0.6 is 23.4 Å². The highest BCUT2D eigenvalue weighted by Crippen LogP contribution is 2.41. The molecule has 4 aromatic rings. The molecule has 0 aliphatic heterocycles. The van der Waals surface area contributed by atoms with Gasteiger partial charge < -0.3 is 4.52 Å². The quantitative estimate of drug-likeness (QED) is 0.383. The summed E-state index contributed by atoms with van der Waals surface area (Å²) in [5, 5.41) is 13.8. The van der Waals surface area contributed by atoms with E-state index in [2.05, 4.69) is 20.3 Å². The summed E-state index contributed by atoms with van der Waals surface area (Å²) in [6.45, 7) is 0. The van der Waals surface area contributed by atoms with Crippen LogP contribution in [-0.2, 0) is 5.75 Å². The van der Waals surface area contributed by atoms with Crippen molar-refractivity contribution in [3.05, 3.63) is 65.3 Å². The van der Waals surface area contributed by atoms with Gasteiger partial charge in [0.1, 0.15) is 5.82 Å². The van der Waals surface area contributed by atoms with E-state index in [4.69, 9.17) is 16.1 Å². The molecule has 0 radical (unpaired) electrons. The van der Waals surface area contributed by atoms with Gasteiger partial charge in [0.05, 0.1) is 16.3 Å². The summed E-state index contributed by atoms with van der Waals surface area (Å²) in [6, 6.07) is 14.3. The van der Waals surface area contributed by atoms with Gasteiger partial charge in [-0.25, -0.2) is 4.39 Å². The van der Waals surface area contributed by atoms with Crippen molar-refractivity contribution in [3.63, 3.8) is 0 Å². The lowest BCUT2D eigenvalue weighted by atomic mass is 10.2. The Bertz CT molecular complexity index is 1170. The highest BCUT2D eigenvalue weighted by molar-refractivity contribution is 7.98. The van der Waals surface area contributed by atoms with Crippen LogP contribution in [-0.4, -0.2) is 24.9 Å². The van der Waals surface area contributed by atoms with Crippen LogP contribution in [0.15, 0.2) is 58.2 Å². The second-order valence-electron chi connectivity index (χ2n) is 6.67. The molecule has 2 aromatic carbocycles. The summed E-state index contributed by atoms with van der Waals surface area (Å²) in [7, 11) is 0. The molecule has 0 amide bonds. The van der Waals surface area contributed by atoms with Crippen molar-refractivity contribution in [1.29, 1.82) is 0 Å². The van der Waals surface area contributed by atoms with Gasteiger partial charge in [0, 0.05) is 11.6 Å². The Hall–Kier alpha value is -2.71. The summed E-state index contributed by atoms with van der Waals surface area (Å²) >= 11 is 7.64. The summed E-state index contributed by atoms with van der Waals surface area (Å²) in [4.78, 5) is 4.43. The highest BCUT2D eigenvalue weighted by atomic mass is 35.5. The molecule has 29 heavy (non-hydrogen) atoms. The molecule has 2 heterocycles. The average molecular weight is 428 g/mol. The average Bonchev–Trinajstić information content (AvgIpc) is 3.31. The zero-order valence-corrected chi connectivity index (χ0v) is 16.7. The van der Waals surface area contributed by atoms with Gasteiger partial charge in [0.15, 0.2) is 11.0 Å². The third kappa shape index (κ3) is 3.65. The lowest BCUT2D eigenvalue weighted by molar-refractivity contribution is 0.391.